The number of anilines is 1. The number of phenolic OH excluding ortho intramolecular Hbond substituents is 1. The number of rotatable bonds is 5. The van der Waals surface area contributed by atoms with E-state index >= 15 is 0 Å². The van der Waals surface area contributed by atoms with E-state index < -0.39 is 12.0 Å². The number of ether oxygens (including phenoxy) is 1. The van der Waals surface area contributed by atoms with Gasteiger partial charge in [-0.3, -0.25) is 5.32 Å². The quantitative estimate of drug-likeness (QED) is 0.329. The highest BCUT2D eigenvalue weighted by Crippen LogP contribution is 2.40. The molecule has 2 amide bonds. The maximum Gasteiger partial charge on any atom is 0.341 e. The number of phenols is 1. The van der Waals surface area contributed by atoms with E-state index in [-0.39, 0.29) is 12.4 Å². The molecule has 1 atom stereocenters. The third kappa shape index (κ3) is 5.16. The molecule has 0 spiro atoms. The highest BCUT2D eigenvalue weighted by molar-refractivity contribution is 9.10. The molecule has 7 nitrogen and oxygen atoms in total. The van der Waals surface area contributed by atoms with Gasteiger partial charge in [-0.05, 0) is 55.9 Å². The van der Waals surface area contributed by atoms with Gasteiger partial charge in [-0.15, -0.1) is 11.3 Å². The number of hydrogen-bond acceptors (Lipinski definition) is 6. The lowest BCUT2D eigenvalue weighted by Gasteiger charge is -2.18. The van der Waals surface area contributed by atoms with E-state index in [4.69, 9.17) is 4.74 Å². The number of amides is 2. The van der Waals surface area contributed by atoms with Crippen molar-refractivity contribution in [3.8, 4) is 5.75 Å². The summed E-state index contributed by atoms with van der Waals surface area (Å²) >= 11 is 4.72. The van der Waals surface area contributed by atoms with Gasteiger partial charge >= 0.3 is 12.0 Å². The molecule has 0 saturated carbocycles. The van der Waals surface area contributed by atoms with Crippen molar-refractivity contribution in [2.45, 2.75) is 33.1 Å². The second kappa shape index (κ2) is 9.41. The number of nitrogens with zero attached hydrogens (tertiary/aromatic N) is 1. The molecule has 0 fully saturated rings. The molecule has 1 unspecified atom stereocenters. The van der Waals surface area contributed by atoms with Crippen molar-refractivity contribution in [3.05, 3.63) is 44.2 Å². The van der Waals surface area contributed by atoms with Crippen molar-refractivity contribution in [2.75, 3.05) is 11.9 Å². The molecule has 1 aromatic heterocycles. The van der Waals surface area contributed by atoms with Gasteiger partial charge in [0.15, 0.2) is 0 Å². The first-order valence-electron chi connectivity index (χ1n) is 9.29. The Hall–Kier alpha value is -2.39. The number of fused-ring (bicyclic) bond motifs is 1. The van der Waals surface area contributed by atoms with Crippen LogP contribution in [0.4, 0.5) is 9.80 Å². The van der Waals surface area contributed by atoms with E-state index in [1.807, 2.05) is 0 Å². The fraction of sp³-hybridized carbons (Fsp3) is 0.350. The van der Waals surface area contributed by atoms with Crippen molar-refractivity contribution < 1.29 is 19.4 Å². The Morgan fingerprint density at radius 1 is 1.45 bits per heavy atom. The zero-order chi connectivity index (χ0) is 21.0. The first-order chi connectivity index (χ1) is 13.9. The molecular weight excluding hydrogens is 458 g/mol. The molecule has 1 aromatic carbocycles. The number of thiophene rings is 1. The smallest absolute Gasteiger partial charge is 0.341 e. The number of hydrazone groups is 1. The second-order valence-electron chi connectivity index (χ2n) is 6.80. The number of hydrogen-bond donors (Lipinski definition) is 3. The number of urea groups is 1. The second-order valence-corrected chi connectivity index (χ2v) is 8.82. The van der Waals surface area contributed by atoms with Crippen LogP contribution in [0.1, 0.15) is 46.6 Å². The summed E-state index contributed by atoms with van der Waals surface area (Å²) in [6.07, 6.45) is 4.02. The zero-order valence-electron chi connectivity index (χ0n) is 16.1. The van der Waals surface area contributed by atoms with Crippen molar-refractivity contribution in [1.29, 1.82) is 0 Å². The summed E-state index contributed by atoms with van der Waals surface area (Å²) in [4.78, 5) is 25.9. The average Bonchev–Trinajstić information content (AvgIpc) is 3.01. The lowest BCUT2D eigenvalue weighted by molar-refractivity contribution is 0.0526. The predicted molar refractivity (Wildman–Crippen MR) is 117 cm³/mol. The molecule has 1 aliphatic rings. The van der Waals surface area contributed by atoms with Crippen LogP contribution >= 0.6 is 27.3 Å². The van der Waals surface area contributed by atoms with E-state index in [1.54, 1.807) is 19.1 Å². The molecule has 3 N–H and O–H groups in total. The van der Waals surface area contributed by atoms with Gasteiger partial charge in [0.25, 0.3) is 0 Å². The first kappa shape index (κ1) is 21.3. The SMILES string of the molecule is CCOC(=O)c1c(NC(=O)N/N=C/c2cc(Br)ccc2O)sc2c1CCC(C)C2. The van der Waals surface area contributed by atoms with Crippen molar-refractivity contribution in [2.24, 2.45) is 11.0 Å². The average molecular weight is 480 g/mol. The van der Waals surface area contributed by atoms with Crippen LogP contribution in [0.3, 0.4) is 0 Å². The Balaban J connectivity index is 1.75. The third-order valence-electron chi connectivity index (χ3n) is 4.58. The Labute approximate surface area is 181 Å². The molecule has 0 bridgehead atoms. The lowest BCUT2D eigenvalue weighted by atomic mass is 9.88. The normalized spacial score (nSPS) is 15.8. The molecular formula is C20H22BrN3O4S. The van der Waals surface area contributed by atoms with Crippen LogP contribution in [0.25, 0.3) is 0 Å². The molecule has 1 aliphatic carbocycles. The number of benzene rings is 1. The monoisotopic (exact) mass is 479 g/mol. The fourth-order valence-electron chi connectivity index (χ4n) is 3.18. The van der Waals surface area contributed by atoms with Gasteiger partial charge in [0, 0.05) is 14.9 Å². The van der Waals surface area contributed by atoms with Gasteiger partial charge in [0.1, 0.15) is 10.8 Å². The summed E-state index contributed by atoms with van der Waals surface area (Å²) in [5.74, 6) is 0.168. The van der Waals surface area contributed by atoms with Crippen molar-refractivity contribution in [3.63, 3.8) is 0 Å². The minimum absolute atomic E-state index is 0.0452. The molecule has 0 radical (unpaired) electrons. The van der Waals surface area contributed by atoms with Crippen LogP contribution < -0.4 is 10.7 Å². The molecule has 1 heterocycles. The summed E-state index contributed by atoms with van der Waals surface area (Å²) in [5, 5.41) is 16.9. The van der Waals surface area contributed by atoms with Crippen molar-refractivity contribution in [1.82, 2.24) is 5.43 Å². The number of esters is 1. The summed E-state index contributed by atoms with van der Waals surface area (Å²) in [6.45, 7) is 4.20. The highest BCUT2D eigenvalue weighted by Gasteiger charge is 2.29. The topological polar surface area (TPSA) is 100 Å². The number of halogens is 1. The number of carbonyl (C=O) groups is 2. The predicted octanol–water partition coefficient (Wildman–Crippen LogP) is 4.67. The van der Waals surface area contributed by atoms with Gasteiger partial charge in [-0.1, -0.05) is 22.9 Å². The summed E-state index contributed by atoms with van der Waals surface area (Å²) < 4.78 is 5.98. The van der Waals surface area contributed by atoms with Crippen LogP contribution in [0, 0.1) is 5.92 Å². The van der Waals surface area contributed by atoms with E-state index in [9.17, 15) is 14.7 Å². The maximum atomic E-state index is 12.5. The number of aromatic hydroxyl groups is 1. The van der Waals surface area contributed by atoms with Gasteiger partial charge in [-0.25, -0.2) is 15.0 Å². The summed E-state index contributed by atoms with van der Waals surface area (Å²) in [7, 11) is 0. The lowest BCUT2D eigenvalue weighted by Crippen LogP contribution is -2.25. The fourth-order valence-corrected chi connectivity index (χ4v) is 4.95. The van der Waals surface area contributed by atoms with Crippen LogP contribution in [-0.2, 0) is 17.6 Å². The first-order valence-corrected chi connectivity index (χ1v) is 10.9. The molecule has 3 rings (SSSR count). The van der Waals surface area contributed by atoms with E-state index in [1.165, 1.54) is 23.6 Å². The molecule has 0 aliphatic heterocycles. The Kier molecular flexibility index (Phi) is 6.92. The number of carbonyl (C=O) groups excluding carboxylic acids is 2. The molecule has 9 heteroatoms. The standard InChI is InChI=1S/C20H22BrN3O4S/c1-3-28-19(26)17-14-6-4-11(2)8-16(14)29-18(17)23-20(27)24-22-10-12-9-13(21)5-7-15(12)25/h5,7,9-11,25H,3-4,6,8H2,1-2H3,(H2,23,24,27)/b22-10+. The van der Waals surface area contributed by atoms with E-state index in [0.29, 0.717) is 22.0 Å². The zero-order valence-corrected chi connectivity index (χ0v) is 18.5. The van der Waals surface area contributed by atoms with E-state index in [0.717, 1.165) is 34.2 Å². The summed E-state index contributed by atoms with van der Waals surface area (Å²) in [6, 6.07) is 4.32. The van der Waals surface area contributed by atoms with Crippen LogP contribution in [0.5, 0.6) is 5.75 Å². The molecule has 2 aromatic rings. The van der Waals surface area contributed by atoms with Crippen LogP contribution in [0.2, 0.25) is 0 Å². The number of nitrogens with one attached hydrogen (secondary N) is 2. The summed E-state index contributed by atoms with van der Waals surface area (Å²) in [5.41, 5.74) is 4.24. The van der Waals surface area contributed by atoms with Gasteiger partial charge in [-0.2, -0.15) is 5.10 Å². The molecule has 0 saturated heterocycles. The van der Waals surface area contributed by atoms with Gasteiger partial charge < -0.3 is 9.84 Å². The van der Waals surface area contributed by atoms with Gasteiger partial charge in [0.2, 0.25) is 0 Å². The van der Waals surface area contributed by atoms with E-state index in [2.05, 4.69) is 38.7 Å². The third-order valence-corrected chi connectivity index (χ3v) is 6.24. The van der Waals surface area contributed by atoms with Crippen molar-refractivity contribution >= 4 is 50.5 Å². The maximum absolute atomic E-state index is 12.5. The molecule has 29 heavy (non-hydrogen) atoms. The minimum atomic E-state index is -0.576. The Morgan fingerprint density at radius 3 is 3.00 bits per heavy atom. The minimum Gasteiger partial charge on any atom is -0.507 e. The van der Waals surface area contributed by atoms with Gasteiger partial charge in [0.05, 0.1) is 18.4 Å². The highest BCUT2D eigenvalue weighted by atomic mass is 79.9. The molecule has 154 valence electrons. The largest absolute Gasteiger partial charge is 0.507 e. The van der Waals surface area contributed by atoms with Crippen LogP contribution in [0.15, 0.2) is 27.8 Å². The Morgan fingerprint density at radius 2 is 2.24 bits per heavy atom. The van der Waals surface area contributed by atoms with Crippen LogP contribution in [-0.4, -0.2) is 29.9 Å². The Bertz CT molecular complexity index is 957.